The fourth-order valence-corrected chi connectivity index (χ4v) is 2.94. The molecule has 2 heteroatoms. The zero-order valence-electron chi connectivity index (χ0n) is 5.20. The van der Waals surface area contributed by atoms with Gasteiger partial charge in [0.1, 0.15) is 0 Å². The van der Waals surface area contributed by atoms with Crippen LogP contribution in [0.15, 0.2) is 35.2 Å². The first-order valence-corrected chi connectivity index (χ1v) is 7.24. The summed E-state index contributed by atoms with van der Waals surface area (Å²) in [7, 11) is 1.94. The van der Waals surface area contributed by atoms with E-state index in [1.165, 1.54) is 4.90 Å². The van der Waals surface area contributed by atoms with Gasteiger partial charge in [0.2, 0.25) is 0 Å². The maximum atomic E-state index is 2.23. The Hall–Kier alpha value is 0.0895. The molecular weight excluding hydrogens is 195 g/mol. The second-order valence-corrected chi connectivity index (χ2v) is 5.68. The van der Waals surface area contributed by atoms with Crippen LogP contribution in [0.4, 0.5) is 0 Å². The molecule has 0 spiro atoms. The van der Waals surface area contributed by atoms with Crippen molar-refractivity contribution in [1.29, 1.82) is 0 Å². The summed E-state index contributed by atoms with van der Waals surface area (Å²) >= 11 is 0.696. The molecule has 0 radical (unpaired) electrons. The minimum atomic E-state index is 0.696. The molecule has 0 aromatic heterocycles. The second-order valence-electron chi connectivity index (χ2n) is 1.56. The molecule has 0 aliphatic carbocycles. The van der Waals surface area contributed by atoms with Crippen LogP contribution < -0.4 is 0 Å². The number of benzene rings is 1. The van der Waals surface area contributed by atoms with Crippen LogP contribution >= 0.6 is 10.2 Å². The van der Waals surface area contributed by atoms with Crippen LogP contribution in [-0.2, 0) is 0 Å². The van der Waals surface area contributed by atoms with E-state index in [-0.39, 0.29) is 0 Å². The molecule has 0 amide bonds. The summed E-state index contributed by atoms with van der Waals surface area (Å²) in [6.07, 6.45) is 0. The SMILES string of the molecule is C[Se]Sc1ccccc1. The van der Waals surface area contributed by atoms with Gasteiger partial charge < -0.3 is 0 Å². The predicted octanol–water partition coefficient (Wildman–Crippen LogP) is 2.45. The van der Waals surface area contributed by atoms with Gasteiger partial charge in [-0.15, -0.1) is 0 Å². The van der Waals surface area contributed by atoms with Gasteiger partial charge >= 0.3 is 65.1 Å². The Morgan fingerprint density at radius 2 is 1.89 bits per heavy atom. The molecule has 0 heterocycles. The molecule has 0 unspecified atom stereocenters. The molecule has 0 saturated carbocycles. The molecule has 1 aromatic carbocycles. The molecular formula is C7H8SSe. The zero-order chi connectivity index (χ0) is 6.53. The summed E-state index contributed by atoms with van der Waals surface area (Å²) in [4.78, 5) is 1.39. The van der Waals surface area contributed by atoms with E-state index >= 15 is 0 Å². The second kappa shape index (κ2) is 3.99. The molecule has 0 aliphatic heterocycles. The minimum absolute atomic E-state index is 0.696. The van der Waals surface area contributed by atoms with Crippen molar-refractivity contribution in [2.24, 2.45) is 0 Å². The molecule has 1 rings (SSSR count). The first-order valence-electron chi connectivity index (χ1n) is 2.69. The normalized spacial score (nSPS) is 9.44. The summed E-state index contributed by atoms with van der Waals surface area (Å²) in [6.45, 7) is 0. The quantitative estimate of drug-likeness (QED) is 0.665. The molecule has 0 aliphatic rings. The van der Waals surface area contributed by atoms with Crippen molar-refractivity contribution in [2.45, 2.75) is 10.7 Å². The fraction of sp³-hybridized carbons (Fsp3) is 0.143. The molecule has 0 fully saturated rings. The Bertz CT molecular complexity index is 162. The number of hydrogen-bond acceptors (Lipinski definition) is 1. The van der Waals surface area contributed by atoms with Gasteiger partial charge in [0.05, 0.1) is 0 Å². The van der Waals surface area contributed by atoms with Crippen LogP contribution in [0.5, 0.6) is 0 Å². The number of hydrogen-bond donors (Lipinski definition) is 0. The predicted molar refractivity (Wildman–Crippen MR) is 43.9 cm³/mol. The van der Waals surface area contributed by atoms with E-state index < -0.39 is 0 Å². The third-order valence-electron chi connectivity index (χ3n) is 0.923. The van der Waals surface area contributed by atoms with Crippen LogP contribution in [0.1, 0.15) is 0 Å². The monoisotopic (exact) mass is 204 g/mol. The van der Waals surface area contributed by atoms with Crippen LogP contribution in [0.25, 0.3) is 0 Å². The van der Waals surface area contributed by atoms with Crippen LogP contribution in [0.2, 0.25) is 5.82 Å². The van der Waals surface area contributed by atoms with Crippen molar-refractivity contribution in [1.82, 2.24) is 0 Å². The summed E-state index contributed by atoms with van der Waals surface area (Å²) in [5.41, 5.74) is 0. The van der Waals surface area contributed by atoms with Gasteiger partial charge in [0.25, 0.3) is 0 Å². The Balaban J connectivity index is 2.61. The summed E-state index contributed by atoms with van der Waals surface area (Å²) < 4.78 is 0. The first kappa shape index (κ1) is 7.20. The molecule has 9 heavy (non-hydrogen) atoms. The van der Waals surface area contributed by atoms with Gasteiger partial charge in [-0.1, -0.05) is 0 Å². The summed E-state index contributed by atoms with van der Waals surface area (Å²) in [5, 5.41) is 0. The van der Waals surface area contributed by atoms with E-state index in [1.54, 1.807) is 0 Å². The van der Waals surface area contributed by atoms with Crippen molar-refractivity contribution in [2.75, 3.05) is 0 Å². The van der Waals surface area contributed by atoms with Crippen molar-refractivity contribution in [3.05, 3.63) is 30.3 Å². The number of rotatable bonds is 2. The third kappa shape index (κ3) is 2.44. The topological polar surface area (TPSA) is 0 Å². The van der Waals surface area contributed by atoms with Crippen molar-refractivity contribution >= 4 is 24.0 Å². The van der Waals surface area contributed by atoms with Gasteiger partial charge in [-0.2, -0.15) is 0 Å². The van der Waals surface area contributed by atoms with E-state index in [4.69, 9.17) is 0 Å². The molecule has 1 aromatic rings. The third-order valence-corrected chi connectivity index (χ3v) is 3.81. The Kier molecular flexibility index (Phi) is 3.20. The molecule has 0 nitrogen and oxygen atoms in total. The van der Waals surface area contributed by atoms with Crippen LogP contribution in [0, 0.1) is 0 Å². The van der Waals surface area contributed by atoms with Gasteiger partial charge in [-0.25, -0.2) is 0 Å². The van der Waals surface area contributed by atoms with Crippen molar-refractivity contribution in [3.63, 3.8) is 0 Å². The summed E-state index contributed by atoms with van der Waals surface area (Å²) in [6, 6.07) is 10.5. The van der Waals surface area contributed by atoms with E-state index in [2.05, 4.69) is 30.1 Å². The standard InChI is InChI=1S/C7H8SSe/c1-9-8-7-5-3-2-4-6-7/h2-6H,1H3. The molecule has 0 saturated heterocycles. The van der Waals surface area contributed by atoms with E-state index in [9.17, 15) is 0 Å². The van der Waals surface area contributed by atoms with Crippen molar-refractivity contribution < 1.29 is 0 Å². The van der Waals surface area contributed by atoms with Crippen LogP contribution in [-0.4, -0.2) is 13.8 Å². The fourth-order valence-electron chi connectivity index (χ4n) is 0.572. The van der Waals surface area contributed by atoms with Crippen molar-refractivity contribution in [3.8, 4) is 0 Å². The molecule has 0 bridgehead atoms. The Labute approximate surface area is 65.3 Å². The molecule has 0 N–H and O–H groups in total. The van der Waals surface area contributed by atoms with Crippen LogP contribution in [0.3, 0.4) is 0 Å². The molecule has 0 atom stereocenters. The average molecular weight is 203 g/mol. The van der Waals surface area contributed by atoms with Gasteiger partial charge in [0.15, 0.2) is 0 Å². The van der Waals surface area contributed by atoms with E-state index in [0.717, 1.165) is 0 Å². The molecule has 48 valence electrons. The summed E-state index contributed by atoms with van der Waals surface area (Å²) in [5.74, 6) is 2.23. The Morgan fingerprint density at radius 1 is 1.22 bits per heavy atom. The Morgan fingerprint density at radius 3 is 2.44 bits per heavy atom. The van der Waals surface area contributed by atoms with E-state index in [0.29, 0.717) is 13.8 Å². The average Bonchev–Trinajstić information content (AvgIpc) is 1.91. The van der Waals surface area contributed by atoms with Gasteiger partial charge in [-0.3, -0.25) is 0 Å². The van der Waals surface area contributed by atoms with Gasteiger partial charge in [0, 0.05) is 0 Å². The maximum absolute atomic E-state index is 2.23. The van der Waals surface area contributed by atoms with E-state index in [1.807, 2.05) is 16.2 Å². The first-order chi connectivity index (χ1) is 4.43. The zero-order valence-corrected chi connectivity index (χ0v) is 7.73. The van der Waals surface area contributed by atoms with Gasteiger partial charge in [-0.05, 0) is 0 Å².